The lowest BCUT2D eigenvalue weighted by Crippen LogP contribution is -2.30. The largest absolute Gasteiger partial charge is 0.449 e. The number of H-pyrrole nitrogens is 1. The van der Waals surface area contributed by atoms with Crippen molar-refractivity contribution >= 4 is 28.6 Å². The molecular formula is C26H25N3O3. The molecule has 6 nitrogen and oxygen atoms in total. The summed E-state index contributed by atoms with van der Waals surface area (Å²) in [5, 5.41) is 2.79. The van der Waals surface area contributed by atoms with E-state index in [1.165, 1.54) is 5.56 Å². The molecule has 162 valence electrons. The minimum absolute atomic E-state index is 0.340. The summed E-state index contributed by atoms with van der Waals surface area (Å²) in [4.78, 5) is 33.3. The number of esters is 1. The van der Waals surface area contributed by atoms with Gasteiger partial charge in [-0.3, -0.25) is 4.79 Å². The average Bonchev–Trinajstić information content (AvgIpc) is 3.23. The molecule has 0 bridgehead atoms. The van der Waals surface area contributed by atoms with Crippen molar-refractivity contribution in [1.29, 1.82) is 0 Å². The quantitative estimate of drug-likeness (QED) is 0.396. The van der Waals surface area contributed by atoms with Crippen LogP contribution in [0, 0.1) is 0 Å². The van der Waals surface area contributed by atoms with Crippen LogP contribution in [-0.2, 0) is 9.53 Å². The van der Waals surface area contributed by atoms with Crippen LogP contribution >= 0.6 is 0 Å². The Hall–Kier alpha value is -3.93. The van der Waals surface area contributed by atoms with Gasteiger partial charge in [-0.1, -0.05) is 56.3 Å². The molecule has 0 spiro atoms. The Morgan fingerprint density at radius 1 is 0.906 bits per heavy atom. The number of ether oxygens (including phenoxy) is 1. The van der Waals surface area contributed by atoms with E-state index in [-0.39, 0.29) is 0 Å². The van der Waals surface area contributed by atoms with Gasteiger partial charge in [0.1, 0.15) is 5.82 Å². The van der Waals surface area contributed by atoms with E-state index in [9.17, 15) is 9.59 Å². The summed E-state index contributed by atoms with van der Waals surface area (Å²) in [6.07, 6.45) is -0.962. The number of imidazole rings is 1. The maximum atomic E-state index is 12.9. The lowest BCUT2D eigenvalue weighted by Gasteiger charge is -2.15. The molecule has 1 atom stereocenters. The topological polar surface area (TPSA) is 84.1 Å². The van der Waals surface area contributed by atoms with Crippen molar-refractivity contribution in [1.82, 2.24) is 9.97 Å². The number of carbonyl (C=O) groups excluding carboxylic acids is 2. The molecule has 32 heavy (non-hydrogen) atoms. The van der Waals surface area contributed by atoms with Crippen LogP contribution in [0.2, 0.25) is 0 Å². The lowest BCUT2D eigenvalue weighted by atomic mass is 10.0. The second kappa shape index (κ2) is 9.06. The number of para-hydroxylation sites is 2. The van der Waals surface area contributed by atoms with E-state index >= 15 is 0 Å². The van der Waals surface area contributed by atoms with Gasteiger partial charge < -0.3 is 15.0 Å². The molecule has 4 rings (SSSR count). The number of amides is 1. The maximum absolute atomic E-state index is 12.9. The number of rotatable bonds is 6. The minimum atomic E-state index is -0.962. The molecule has 2 N–H and O–H groups in total. The van der Waals surface area contributed by atoms with Crippen LogP contribution in [0.15, 0.2) is 72.8 Å². The SMILES string of the molecule is CC(OC(=O)c1ccccc1-c1nc2ccccc2[nH]1)C(=O)Nc1ccc(C(C)C)cc1. The van der Waals surface area contributed by atoms with Crippen LogP contribution < -0.4 is 5.32 Å². The molecular weight excluding hydrogens is 402 g/mol. The lowest BCUT2D eigenvalue weighted by molar-refractivity contribution is -0.123. The standard InChI is InChI=1S/C26H25N3O3/c1-16(2)18-12-14-19(15-13-18)27-25(30)17(3)32-26(31)21-9-5-4-8-20(21)24-28-22-10-6-7-11-23(22)29-24/h4-17H,1-3H3,(H,27,30)(H,28,29). The maximum Gasteiger partial charge on any atom is 0.339 e. The highest BCUT2D eigenvalue weighted by molar-refractivity contribution is 6.00. The summed E-state index contributed by atoms with van der Waals surface area (Å²) in [5.41, 5.74) is 4.48. The molecule has 1 aromatic heterocycles. The first-order valence-corrected chi connectivity index (χ1v) is 10.6. The van der Waals surface area contributed by atoms with Crippen molar-refractivity contribution in [3.63, 3.8) is 0 Å². The van der Waals surface area contributed by atoms with Crippen molar-refractivity contribution < 1.29 is 14.3 Å². The fourth-order valence-electron chi connectivity index (χ4n) is 3.42. The summed E-state index contributed by atoms with van der Waals surface area (Å²) in [6.45, 7) is 5.77. The number of hydrogen-bond acceptors (Lipinski definition) is 4. The number of nitrogens with zero attached hydrogens (tertiary/aromatic N) is 1. The highest BCUT2D eigenvalue weighted by Gasteiger charge is 2.22. The van der Waals surface area contributed by atoms with Crippen molar-refractivity contribution in [2.75, 3.05) is 5.32 Å². The van der Waals surface area contributed by atoms with Crippen LogP contribution in [0.5, 0.6) is 0 Å². The molecule has 1 unspecified atom stereocenters. The van der Waals surface area contributed by atoms with Gasteiger partial charge in [0.2, 0.25) is 0 Å². The number of benzene rings is 3. The Morgan fingerprint density at radius 2 is 1.59 bits per heavy atom. The van der Waals surface area contributed by atoms with Gasteiger partial charge in [-0.2, -0.15) is 0 Å². The van der Waals surface area contributed by atoms with E-state index < -0.39 is 18.0 Å². The molecule has 3 aromatic carbocycles. The zero-order valence-corrected chi connectivity index (χ0v) is 18.3. The molecule has 4 aromatic rings. The van der Waals surface area contributed by atoms with E-state index in [0.29, 0.717) is 28.6 Å². The van der Waals surface area contributed by atoms with Gasteiger partial charge in [0.25, 0.3) is 5.91 Å². The number of aromatic amines is 1. The van der Waals surface area contributed by atoms with Gasteiger partial charge in [-0.05, 0) is 48.7 Å². The van der Waals surface area contributed by atoms with Gasteiger partial charge in [-0.15, -0.1) is 0 Å². The van der Waals surface area contributed by atoms with Crippen molar-refractivity contribution in [2.24, 2.45) is 0 Å². The highest BCUT2D eigenvalue weighted by Crippen LogP contribution is 2.25. The van der Waals surface area contributed by atoms with Gasteiger partial charge in [0, 0.05) is 11.3 Å². The van der Waals surface area contributed by atoms with E-state index in [1.54, 1.807) is 25.1 Å². The summed E-state index contributed by atoms with van der Waals surface area (Å²) < 4.78 is 5.48. The first-order chi connectivity index (χ1) is 15.4. The third kappa shape index (κ3) is 4.54. The Morgan fingerprint density at radius 3 is 2.31 bits per heavy atom. The Balaban J connectivity index is 1.48. The third-order valence-electron chi connectivity index (χ3n) is 5.29. The monoisotopic (exact) mass is 427 g/mol. The van der Waals surface area contributed by atoms with Crippen LogP contribution in [0.3, 0.4) is 0 Å². The van der Waals surface area contributed by atoms with E-state index in [0.717, 1.165) is 11.0 Å². The number of nitrogens with one attached hydrogen (secondary N) is 2. The number of aromatic nitrogens is 2. The minimum Gasteiger partial charge on any atom is -0.449 e. The van der Waals surface area contributed by atoms with Crippen LogP contribution in [0.1, 0.15) is 42.6 Å². The summed E-state index contributed by atoms with van der Waals surface area (Å²) >= 11 is 0. The molecule has 0 radical (unpaired) electrons. The second-order valence-electron chi connectivity index (χ2n) is 7.96. The molecule has 0 saturated heterocycles. The van der Waals surface area contributed by atoms with Gasteiger partial charge in [-0.25, -0.2) is 9.78 Å². The number of hydrogen-bond donors (Lipinski definition) is 2. The second-order valence-corrected chi connectivity index (χ2v) is 7.96. The zero-order chi connectivity index (χ0) is 22.7. The first-order valence-electron chi connectivity index (χ1n) is 10.6. The third-order valence-corrected chi connectivity index (χ3v) is 5.29. The molecule has 1 amide bonds. The van der Waals surface area contributed by atoms with Gasteiger partial charge >= 0.3 is 5.97 Å². The zero-order valence-electron chi connectivity index (χ0n) is 18.3. The summed E-state index contributed by atoms with van der Waals surface area (Å²) in [6, 6.07) is 22.3. The number of carbonyl (C=O) groups is 2. The molecule has 0 aliphatic heterocycles. The molecule has 0 fully saturated rings. The van der Waals surface area contributed by atoms with Crippen LogP contribution in [-0.4, -0.2) is 27.9 Å². The smallest absolute Gasteiger partial charge is 0.339 e. The van der Waals surface area contributed by atoms with Gasteiger partial charge in [0.05, 0.1) is 16.6 Å². The highest BCUT2D eigenvalue weighted by atomic mass is 16.5. The number of fused-ring (bicyclic) bond motifs is 1. The molecule has 0 saturated carbocycles. The predicted octanol–water partition coefficient (Wildman–Crippen LogP) is 5.54. The van der Waals surface area contributed by atoms with Crippen molar-refractivity contribution in [3.05, 3.63) is 83.9 Å². The Labute approximate surface area is 186 Å². The molecule has 1 heterocycles. The molecule has 6 heteroatoms. The van der Waals surface area contributed by atoms with Crippen molar-refractivity contribution in [3.8, 4) is 11.4 Å². The number of anilines is 1. The van der Waals surface area contributed by atoms with Crippen LogP contribution in [0.4, 0.5) is 5.69 Å². The van der Waals surface area contributed by atoms with E-state index in [2.05, 4.69) is 29.1 Å². The fourth-order valence-corrected chi connectivity index (χ4v) is 3.42. The van der Waals surface area contributed by atoms with Gasteiger partial charge in [0.15, 0.2) is 6.10 Å². The average molecular weight is 428 g/mol. The summed E-state index contributed by atoms with van der Waals surface area (Å²) in [7, 11) is 0. The molecule has 0 aliphatic carbocycles. The molecule has 0 aliphatic rings. The fraction of sp³-hybridized carbons (Fsp3) is 0.192. The van der Waals surface area contributed by atoms with Crippen LogP contribution in [0.25, 0.3) is 22.4 Å². The predicted molar refractivity (Wildman–Crippen MR) is 126 cm³/mol. The Kier molecular flexibility index (Phi) is 6.03. The normalized spacial score (nSPS) is 12.0. The Bertz CT molecular complexity index is 1230. The van der Waals surface area contributed by atoms with E-state index in [4.69, 9.17) is 4.74 Å². The summed E-state index contributed by atoms with van der Waals surface area (Å²) in [5.74, 6) is 0.00303. The van der Waals surface area contributed by atoms with Crippen molar-refractivity contribution in [2.45, 2.75) is 32.8 Å². The first kappa shape index (κ1) is 21.3. The van der Waals surface area contributed by atoms with E-state index in [1.807, 2.05) is 54.6 Å².